The van der Waals surface area contributed by atoms with Crippen molar-refractivity contribution >= 4 is 17.6 Å². The summed E-state index contributed by atoms with van der Waals surface area (Å²) < 4.78 is 46.9. The van der Waals surface area contributed by atoms with Crippen molar-refractivity contribution in [2.45, 2.75) is 31.6 Å². The van der Waals surface area contributed by atoms with E-state index in [4.69, 9.17) is 4.42 Å². The van der Waals surface area contributed by atoms with Crippen LogP contribution in [0.5, 0.6) is 0 Å². The molecule has 0 fully saturated rings. The lowest BCUT2D eigenvalue weighted by molar-refractivity contribution is -0.174. The molecule has 2 aromatic heterocycles. The van der Waals surface area contributed by atoms with Gasteiger partial charge >= 0.3 is 6.18 Å². The zero-order chi connectivity index (χ0) is 22.2. The molecule has 1 aliphatic rings. The minimum Gasteiger partial charge on any atom is -0.467 e. The molecule has 4 rings (SSSR count). The van der Waals surface area contributed by atoms with Gasteiger partial charge in [0.25, 0.3) is 11.8 Å². The van der Waals surface area contributed by atoms with Crippen LogP contribution in [-0.2, 0) is 0 Å². The third kappa shape index (κ3) is 4.25. The Morgan fingerprint density at radius 1 is 1.16 bits per heavy atom. The second-order valence-electron chi connectivity index (χ2n) is 7.14. The number of anilines is 1. The third-order valence-electron chi connectivity index (χ3n) is 4.88. The summed E-state index contributed by atoms with van der Waals surface area (Å²) in [7, 11) is 0. The number of hydrogen-bond donors (Lipinski definition) is 3. The van der Waals surface area contributed by atoms with Crippen LogP contribution in [-0.4, -0.2) is 27.8 Å². The molecule has 0 saturated carbocycles. The number of aromatic nitrogens is 2. The van der Waals surface area contributed by atoms with Gasteiger partial charge in [0.1, 0.15) is 11.6 Å². The largest absolute Gasteiger partial charge is 0.467 e. The van der Waals surface area contributed by atoms with Gasteiger partial charge < -0.3 is 9.73 Å². The van der Waals surface area contributed by atoms with Gasteiger partial charge in [0.15, 0.2) is 11.7 Å². The maximum Gasteiger partial charge on any atom is 0.410 e. The van der Waals surface area contributed by atoms with Crippen molar-refractivity contribution < 1.29 is 27.2 Å². The van der Waals surface area contributed by atoms with E-state index in [9.17, 15) is 22.8 Å². The first-order valence-electron chi connectivity index (χ1n) is 9.36. The van der Waals surface area contributed by atoms with Crippen LogP contribution in [0.2, 0.25) is 0 Å². The summed E-state index contributed by atoms with van der Waals surface area (Å²) in [6.45, 7) is 1.81. The number of hydrazine groups is 1. The fourth-order valence-corrected chi connectivity index (χ4v) is 3.40. The normalized spacial score (nSPS) is 18.1. The van der Waals surface area contributed by atoms with Gasteiger partial charge in [-0.3, -0.25) is 20.4 Å². The second kappa shape index (κ2) is 7.82. The Morgan fingerprint density at radius 3 is 2.61 bits per heavy atom. The van der Waals surface area contributed by atoms with Crippen molar-refractivity contribution in [3.8, 4) is 0 Å². The van der Waals surface area contributed by atoms with Gasteiger partial charge in [-0.1, -0.05) is 17.7 Å². The zero-order valence-electron chi connectivity index (χ0n) is 16.2. The number of carbonyl (C=O) groups excluding carboxylic acids is 2. The fraction of sp³-hybridized carbons (Fsp3) is 0.250. The fourth-order valence-electron chi connectivity index (χ4n) is 3.40. The number of nitrogens with one attached hydrogen (secondary N) is 3. The quantitative estimate of drug-likeness (QED) is 0.549. The minimum absolute atomic E-state index is 0.0186. The number of hydrogen-bond acceptors (Lipinski definition) is 5. The van der Waals surface area contributed by atoms with Gasteiger partial charge in [0, 0.05) is 18.1 Å². The SMILES string of the molecule is Cc1cccc(C(=O)NNC(=O)c2cc3n(n2)[C@H](C(F)(F)F)C[C@H](c2ccco2)N3)c1. The highest BCUT2D eigenvalue weighted by Gasteiger charge is 2.47. The summed E-state index contributed by atoms with van der Waals surface area (Å²) in [6.07, 6.45) is -3.56. The molecule has 162 valence electrons. The first-order chi connectivity index (χ1) is 14.7. The van der Waals surface area contributed by atoms with Crippen LogP contribution < -0.4 is 16.2 Å². The van der Waals surface area contributed by atoms with Crippen molar-refractivity contribution in [1.82, 2.24) is 20.6 Å². The molecule has 0 radical (unpaired) electrons. The lowest BCUT2D eigenvalue weighted by atomic mass is 10.0. The molecule has 3 aromatic rings. The summed E-state index contributed by atoms with van der Waals surface area (Å²) in [6, 6.07) is 8.37. The van der Waals surface area contributed by atoms with E-state index in [2.05, 4.69) is 21.3 Å². The number of fused-ring (bicyclic) bond motifs is 1. The lowest BCUT2D eigenvalue weighted by Crippen LogP contribution is -2.42. The van der Waals surface area contributed by atoms with Crippen LogP contribution in [0, 0.1) is 6.92 Å². The Balaban J connectivity index is 1.52. The topological polar surface area (TPSA) is 101 Å². The third-order valence-corrected chi connectivity index (χ3v) is 4.88. The second-order valence-corrected chi connectivity index (χ2v) is 7.14. The van der Waals surface area contributed by atoms with E-state index in [0.717, 1.165) is 10.2 Å². The molecule has 0 bridgehead atoms. The van der Waals surface area contributed by atoms with Crippen molar-refractivity contribution in [3.05, 3.63) is 71.3 Å². The summed E-state index contributed by atoms with van der Waals surface area (Å²) in [5.41, 5.74) is 5.31. The van der Waals surface area contributed by atoms with Gasteiger partial charge in [0.05, 0.1) is 12.3 Å². The monoisotopic (exact) mass is 433 g/mol. The van der Waals surface area contributed by atoms with Gasteiger partial charge in [-0.15, -0.1) is 0 Å². The molecular weight excluding hydrogens is 415 g/mol. The molecule has 0 unspecified atom stereocenters. The van der Waals surface area contributed by atoms with Crippen molar-refractivity contribution in [2.75, 3.05) is 5.32 Å². The number of rotatable bonds is 3. The molecule has 8 nitrogen and oxygen atoms in total. The Bertz CT molecular complexity index is 1110. The summed E-state index contributed by atoms with van der Waals surface area (Å²) >= 11 is 0. The predicted molar refractivity (Wildman–Crippen MR) is 103 cm³/mol. The summed E-state index contributed by atoms with van der Waals surface area (Å²) in [5, 5.41) is 6.73. The van der Waals surface area contributed by atoms with Crippen molar-refractivity contribution in [3.63, 3.8) is 0 Å². The number of carbonyl (C=O) groups is 2. The highest BCUT2D eigenvalue weighted by molar-refractivity contribution is 5.98. The number of alkyl halides is 3. The van der Waals surface area contributed by atoms with E-state index in [1.807, 2.05) is 13.0 Å². The smallest absolute Gasteiger partial charge is 0.410 e. The number of halogens is 3. The summed E-state index contributed by atoms with van der Waals surface area (Å²) in [5.74, 6) is -1.05. The predicted octanol–water partition coefficient (Wildman–Crippen LogP) is 3.52. The molecule has 11 heteroatoms. The van der Waals surface area contributed by atoms with E-state index >= 15 is 0 Å². The maximum absolute atomic E-state index is 13.6. The molecule has 1 aromatic carbocycles. The van der Waals surface area contributed by atoms with Gasteiger partial charge in [-0.2, -0.15) is 18.3 Å². The van der Waals surface area contributed by atoms with Crippen LogP contribution in [0.3, 0.4) is 0 Å². The zero-order valence-corrected chi connectivity index (χ0v) is 16.2. The molecular formula is C20H18F3N5O3. The van der Waals surface area contributed by atoms with Crippen LogP contribution in [0.25, 0.3) is 0 Å². The Hall–Kier alpha value is -3.76. The van der Waals surface area contributed by atoms with Crippen LogP contribution >= 0.6 is 0 Å². The number of nitrogens with zero attached hydrogens (tertiary/aromatic N) is 2. The molecule has 1 aliphatic heterocycles. The van der Waals surface area contributed by atoms with Gasteiger partial charge in [0.2, 0.25) is 0 Å². The number of aryl methyl sites for hydroxylation is 1. The summed E-state index contributed by atoms with van der Waals surface area (Å²) in [4.78, 5) is 24.6. The molecule has 2 amide bonds. The van der Waals surface area contributed by atoms with E-state index in [0.29, 0.717) is 11.3 Å². The molecule has 3 heterocycles. The Labute approximate surface area is 174 Å². The molecule has 0 saturated heterocycles. The van der Waals surface area contributed by atoms with Crippen molar-refractivity contribution in [1.29, 1.82) is 0 Å². The molecule has 0 aliphatic carbocycles. The number of benzene rings is 1. The van der Waals surface area contributed by atoms with Crippen LogP contribution in [0.15, 0.2) is 53.1 Å². The maximum atomic E-state index is 13.6. The average molecular weight is 433 g/mol. The van der Waals surface area contributed by atoms with Gasteiger partial charge in [-0.05, 0) is 31.2 Å². The first-order valence-corrected chi connectivity index (χ1v) is 9.36. The van der Waals surface area contributed by atoms with E-state index in [1.165, 1.54) is 12.3 Å². The van der Waals surface area contributed by atoms with E-state index in [-0.39, 0.29) is 17.9 Å². The average Bonchev–Trinajstić information content (AvgIpc) is 3.39. The lowest BCUT2D eigenvalue weighted by Gasteiger charge is -2.32. The van der Waals surface area contributed by atoms with Crippen molar-refractivity contribution in [2.24, 2.45) is 0 Å². The first kappa shape index (κ1) is 20.5. The Morgan fingerprint density at radius 2 is 1.94 bits per heavy atom. The highest BCUT2D eigenvalue weighted by atomic mass is 19.4. The van der Waals surface area contributed by atoms with Crippen LogP contribution in [0.4, 0.5) is 19.0 Å². The van der Waals surface area contributed by atoms with Crippen LogP contribution in [0.1, 0.15) is 50.7 Å². The highest BCUT2D eigenvalue weighted by Crippen LogP contribution is 2.43. The molecule has 2 atom stereocenters. The van der Waals surface area contributed by atoms with Gasteiger partial charge in [-0.25, -0.2) is 4.68 Å². The molecule has 3 N–H and O–H groups in total. The van der Waals surface area contributed by atoms with E-state index in [1.54, 1.807) is 30.3 Å². The van der Waals surface area contributed by atoms with E-state index < -0.39 is 30.1 Å². The standard InChI is InChI=1S/C20H18F3N5O3/c1-11-4-2-5-12(8-11)18(29)25-26-19(30)14-10-17-24-13(15-6-3-7-31-15)9-16(20(21,22)23)28(17)27-14/h2-8,10,13,16,24H,9H2,1H3,(H,25,29)(H,26,30)/t13-,16+/m1/s1. The molecule has 0 spiro atoms. The Kier molecular flexibility index (Phi) is 5.17. The molecule has 31 heavy (non-hydrogen) atoms. The minimum atomic E-state index is -4.58. The number of amides is 2. The number of furan rings is 1.